The van der Waals surface area contributed by atoms with Crippen LogP contribution in [0.4, 0.5) is 4.39 Å². The zero-order chi connectivity index (χ0) is 11.4. The summed E-state index contributed by atoms with van der Waals surface area (Å²) in [6.45, 7) is 3.27. The zero-order valence-corrected chi connectivity index (χ0v) is 9.72. The van der Waals surface area contributed by atoms with Gasteiger partial charge in [-0.1, -0.05) is 0 Å². The maximum Gasteiger partial charge on any atom is 0.141 e. The van der Waals surface area contributed by atoms with Crippen molar-refractivity contribution in [3.8, 4) is 0 Å². The van der Waals surface area contributed by atoms with Gasteiger partial charge in [0.2, 0.25) is 0 Å². The highest BCUT2D eigenvalue weighted by molar-refractivity contribution is 7.09. The van der Waals surface area contributed by atoms with Crippen molar-refractivity contribution in [1.29, 1.82) is 0 Å². The van der Waals surface area contributed by atoms with Crippen LogP contribution in [0.25, 0.3) is 0 Å². The van der Waals surface area contributed by atoms with Gasteiger partial charge in [-0.3, -0.25) is 4.98 Å². The van der Waals surface area contributed by atoms with Crippen LogP contribution < -0.4 is 5.32 Å². The maximum atomic E-state index is 12.8. The molecule has 0 saturated heterocycles. The topological polar surface area (TPSA) is 37.8 Å². The van der Waals surface area contributed by atoms with Gasteiger partial charge >= 0.3 is 0 Å². The van der Waals surface area contributed by atoms with E-state index in [4.69, 9.17) is 0 Å². The number of halogens is 1. The van der Waals surface area contributed by atoms with Gasteiger partial charge in [0, 0.05) is 24.7 Å². The van der Waals surface area contributed by atoms with E-state index in [2.05, 4.69) is 15.3 Å². The Hall–Kier alpha value is -1.33. The minimum absolute atomic E-state index is 0.302. The van der Waals surface area contributed by atoms with Gasteiger partial charge in [0.1, 0.15) is 5.82 Å². The molecule has 1 N–H and O–H groups in total. The molecule has 2 aromatic rings. The van der Waals surface area contributed by atoms with Gasteiger partial charge in [0.15, 0.2) is 0 Å². The third-order valence-corrected chi connectivity index (χ3v) is 2.89. The summed E-state index contributed by atoms with van der Waals surface area (Å²) >= 11 is 1.63. The number of pyridine rings is 1. The Bertz CT molecular complexity index is 470. The van der Waals surface area contributed by atoms with Gasteiger partial charge in [-0.2, -0.15) is 0 Å². The highest BCUT2D eigenvalue weighted by Gasteiger charge is 1.99. The van der Waals surface area contributed by atoms with Crippen LogP contribution in [0.3, 0.4) is 0 Å². The van der Waals surface area contributed by atoms with Gasteiger partial charge in [-0.05, 0) is 18.6 Å². The first-order valence-corrected chi connectivity index (χ1v) is 5.83. The zero-order valence-electron chi connectivity index (χ0n) is 8.90. The minimum Gasteiger partial charge on any atom is -0.307 e. The summed E-state index contributed by atoms with van der Waals surface area (Å²) in [5.74, 6) is -0.302. The standard InChI is InChI=1S/C11H12FN3S/c1-8-15-11(7-16-8)6-14-4-9-2-10(12)5-13-3-9/h2-3,5,7,14H,4,6H2,1H3. The highest BCUT2D eigenvalue weighted by atomic mass is 32.1. The van der Waals surface area contributed by atoms with Crippen LogP contribution in [0.1, 0.15) is 16.3 Å². The molecule has 0 fully saturated rings. The second kappa shape index (κ2) is 5.14. The Balaban J connectivity index is 1.84. The lowest BCUT2D eigenvalue weighted by molar-refractivity contribution is 0.612. The van der Waals surface area contributed by atoms with E-state index in [9.17, 15) is 4.39 Å². The summed E-state index contributed by atoms with van der Waals surface area (Å²) < 4.78 is 12.8. The molecule has 0 amide bonds. The Morgan fingerprint density at radius 3 is 2.94 bits per heavy atom. The van der Waals surface area contributed by atoms with Gasteiger partial charge in [-0.15, -0.1) is 11.3 Å². The predicted octanol–water partition coefficient (Wildman–Crippen LogP) is 2.28. The van der Waals surface area contributed by atoms with Crippen LogP contribution in [0.5, 0.6) is 0 Å². The van der Waals surface area contributed by atoms with E-state index in [1.165, 1.54) is 12.3 Å². The molecule has 0 aliphatic heterocycles. The number of aryl methyl sites for hydroxylation is 1. The Labute approximate surface area is 97.4 Å². The summed E-state index contributed by atoms with van der Waals surface area (Å²) in [5.41, 5.74) is 1.86. The molecule has 16 heavy (non-hydrogen) atoms. The third kappa shape index (κ3) is 3.08. The number of hydrogen-bond donors (Lipinski definition) is 1. The van der Waals surface area contributed by atoms with Crippen molar-refractivity contribution in [1.82, 2.24) is 15.3 Å². The molecule has 0 aliphatic carbocycles. The van der Waals surface area contributed by atoms with Crippen molar-refractivity contribution in [3.05, 3.63) is 45.9 Å². The Morgan fingerprint density at radius 1 is 1.38 bits per heavy atom. The second-order valence-electron chi connectivity index (χ2n) is 3.47. The molecule has 0 aromatic carbocycles. The molecule has 0 unspecified atom stereocenters. The maximum absolute atomic E-state index is 12.8. The molecule has 3 nitrogen and oxygen atoms in total. The minimum atomic E-state index is -0.302. The molecule has 0 aliphatic rings. The molecular formula is C11H12FN3S. The number of nitrogens with one attached hydrogen (secondary N) is 1. The summed E-state index contributed by atoms with van der Waals surface area (Å²) in [7, 11) is 0. The molecule has 0 radical (unpaired) electrons. The summed E-state index contributed by atoms with van der Waals surface area (Å²) in [5, 5.41) is 6.28. The van der Waals surface area contributed by atoms with Crippen molar-refractivity contribution < 1.29 is 4.39 Å². The quantitative estimate of drug-likeness (QED) is 0.886. The van der Waals surface area contributed by atoms with Crippen LogP contribution in [0, 0.1) is 12.7 Å². The number of aromatic nitrogens is 2. The molecular weight excluding hydrogens is 225 g/mol. The highest BCUT2D eigenvalue weighted by Crippen LogP contribution is 2.07. The van der Waals surface area contributed by atoms with Crippen molar-refractivity contribution in [2.45, 2.75) is 20.0 Å². The average molecular weight is 237 g/mol. The van der Waals surface area contributed by atoms with Crippen LogP contribution >= 0.6 is 11.3 Å². The largest absolute Gasteiger partial charge is 0.307 e. The summed E-state index contributed by atoms with van der Waals surface area (Å²) in [4.78, 5) is 8.11. The van der Waals surface area contributed by atoms with Crippen molar-refractivity contribution in [2.24, 2.45) is 0 Å². The fourth-order valence-corrected chi connectivity index (χ4v) is 1.99. The summed E-state index contributed by atoms with van der Waals surface area (Å²) in [6.07, 6.45) is 2.86. The molecule has 0 spiro atoms. The molecule has 2 aromatic heterocycles. The van der Waals surface area contributed by atoms with E-state index in [-0.39, 0.29) is 5.82 Å². The summed E-state index contributed by atoms with van der Waals surface area (Å²) in [6, 6.07) is 1.48. The van der Waals surface area contributed by atoms with E-state index >= 15 is 0 Å². The van der Waals surface area contributed by atoms with Crippen molar-refractivity contribution >= 4 is 11.3 Å². The SMILES string of the molecule is Cc1nc(CNCc2cncc(F)c2)cs1. The fraction of sp³-hybridized carbons (Fsp3) is 0.273. The van der Waals surface area contributed by atoms with E-state index in [0.29, 0.717) is 13.1 Å². The lowest BCUT2D eigenvalue weighted by atomic mass is 10.3. The normalized spacial score (nSPS) is 10.6. The van der Waals surface area contributed by atoms with Crippen molar-refractivity contribution in [2.75, 3.05) is 0 Å². The smallest absolute Gasteiger partial charge is 0.141 e. The number of thiazole rings is 1. The fourth-order valence-electron chi connectivity index (χ4n) is 1.38. The lowest BCUT2D eigenvalue weighted by Gasteiger charge is -2.02. The van der Waals surface area contributed by atoms with Gasteiger partial charge in [0.05, 0.1) is 16.9 Å². The van der Waals surface area contributed by atoms with E-state index in [1.54, 1.807) is 17.5 Å². The molecule has 84 valence electrons. The number of nitrogens with zero attached hydrogens (tertiary/aromatic N) is 2. The van der Waals surface area contributed by atoms with Gasteiger partial charge < -0.3 is 5.32 Å². The average Bonchev–Trinajstić information content (AvgIpc) is 2.64. The predicted molar refractivity (Wildman–Crippen MR) is 61.6 cm³/mol. The van der Waals surface area contributed by atoms with Gasteiger partial charge in [0.25, 0.3) is 0 Å². The number of rotatable bonds is 4. The first-order valence-electron chi connectivity index (χ1n) is 4.95. The monoisotopic (exact) mass is 237 g/mol. The van der Waals surface area contributed by atoms with Crippen LogP contribution in [-0.4, -0.2) is 9.97 Å². The van der Waals surface area contributed by atoms with Crippen LogP contribution in [-0.2, 0) is 13.1 Å². The Morgan fingerprint density at radius 2 is 2.25 bits per heavy atom. The molecule has 2 rings (SSSR count). The van der Waals surface area contributed by atoms with E-state index in [0.717, 1.165) is 16.3 Å². The van der Waals surface area contributed by atoms with Crippen LogP contribution in [0.2, 0.25) is 0 Å². The van der Waals surface area contributed by atoms with Crippen molar-refractivity contribution in [3.63, 3.8) is 0 Å². The number of hydrogen-bond acceptors (Lipinski definition) is 4. The third-order valence-electron chi connectivity index (χ3n) is 2.06. The molecule has 2 heterocycles. The van der Waals surface area contributed by atoms with E-state index in [1.807, 2.05) is 12.3 Å². The first-order chi connectivity index (χ1) is 7.74. The molecule has 0 saturated carbocycles. The second-order valence-corrected chi connectivity index (χ2v) is 4.54. The van der Waals surface area contributed by atoms with Crippen LogP contribution in [0.15, 0.2) is 23.8 Å². The lowest BCUT2D eigenvalue weighted by Crippen LogP contribution is -2.13. The Kier molecular flexibility index (Phi) is 3.58. The molecule has 0 atom stereocenters. The molecule has 0 bridgehead atoms. The first kappa shape index (κ1) is 11.2. The van der Waals surface area contributed by atoms with Gasteiger partial charge in [-0.25, -0.2) is 9.37 Å². The van der Waals surface area contributed by atoms with E-state index < -0.39 is 0 Å². The molecule has 5 heteroatoms.